The van der Waals surface area contributed by atoms with Gasteiger partial charge >= 0.3 is 0 Å². The quantitative estimate of drug-likeness (QED) is 0.424. The van der Waals surface area contributed by atoms with Crippen molar-refractivity contribution in [1.29, 1.82) is 0 Å². The van der Waals surface area contributed by atoms with Crippen molar-refractivity contribution in [1.82, 2.24) is 4.90 Å². The Kier molecular flexibility index (Phi) is 6.89. The van der Waals surface area contributed by atoms with E-state index < -0.39 is 0 Å². The van der Waals surface area contributed by atoms with Crippen LogP contribution in [0.2, 0.25) is 5.02 Å². The van der Waals surface area contributed by atoms with Crippen LogP contribution in [-0.2, 0) is 6.42 Å². The molecule has 0 N–H and O–H groups in total. The number of nitrogens with zero attached hydrogens (tertiary/aromatic N) is 2. The molecule has 0 aromatic heterocycles. The van der Waals surface area contributed by atoms with E-state index in [2.05, 4.69) is 40.1 Å². The molecule has 0 spiro atoms. The van der Waals surface area contributed by atoms with Crippen LogP contribution >= 0.6 is 11.6 Å². The molecule has 1 amide bonds. The lowest BCUT2D eigenvalue weighted by atomic mass is 9.89. The van der Waals surface area contributed by atoms with E-state index in [1.807, 2.05) is 36.4 Å². The number of benzene rings is 3. The van der Waals surface area contributed by atoms with E-state index in [9.17, 15) is 4.79 Å². The summed E-state index contributed by atoms with van der Waals surface area (Å²) in [6.45, 7) is 3.14. The van der Waals surface area contributed by atoms with Crippen molar-refractivity contribution < 1.29 is 9.53 Å². The average molecular weight is 475 g/mol. The second kappa shape index (κ2) is 10.2. The second-order valence-electron chi connectivity index (χ2n) is 9.46. The Morgan fingerprint density at radius 2 is 1.59 bits per heavy atom. The Morgan fingerprint density at radius 3 is 2.21 bits per heavy atom. The monoisotopic (exact) mass is 474 g/mol. The maximum atomic E-state index is 13.9. The van der Waals surface area contributed by atoms with Crippen LogP contribution in [0.25, 0.3) is 0 Å². The number of carbonyl (C=O) groups excluding carboxylic acids is 1. The lowest BCUT2D eigenvalue weighted by molar-refractivity contribution is 0.0913. The van der Waals surface area contributed by atoms with Gasteiger partial charge in [0.05, 0.1) is 7.11 Å². The Morgan fingerprint density at radius 1 is 0.941 bits per heavy atom. The van der Waals surface area contributed by atoms with Crippen molar-refractivity contribution >= 4 is 23.2 Å². The van der Waals surface area contributed by atoms with Crippen LogP contribution in [0.5, 0.6) is 5.75 Å². The third-order valence-corrected chi connectivity index (χ3v) is 7.63. The van der Waals surface area contributed by atoms with Gasteiger partial charge in [0.2, 0.25) is 0 Å². The maximum absolute atomic E-state index is 13.9. The lowest BCUT2D eigenvalue weighted by Gasteiger charge is -2.44. The fourth-order valence-corrected chi connectivity index (χ4v) is 5.85. The molecule has 34 heavy (non-hydrogen) atoms. The SMILES string of the molecule is COc1ccc(N(C(=O)c2ccc(Cl)cc2)C2[C@@H]3CC[C@H]2CN(CCc2ccccc2)C3)cc1. The van der Waals surface area contributed by atoms with E-state index in [4.69, 9.17) is 16.3 Å². The minimum absolute atomic E-state index is 0.0430. The third kappa shape index (κ3) is 4.84. The largest absolute Gasteiger partial charge is 0.497 e. The summed E-state index contributed by atoms with van der Waals surface area (Å²) in [5, 5.41) is 0.638. The van der Waals surface area contributed by atoms with Crippen molar-refractivity contribution in [3.8, 4) is 5.75 Å². The maximum Gasteiger partial charge on any atom is 0.258 e. The molecule has 4 nitrogen and oxygen atoms in total. The minimum Gasteiger partial charge on any atom is -0.497 e. The van der Waals surface area contributed by atoms with Gasteiger partial charge in [-0.1, -0.05) is 41.9 Å². The highest BCUT2D eigenvalue weighted by molar-refractivity contribution is 6.30. The molecule has 3 atom stereocenters. The number of carbonyl (C=O) groups is 1. The number of rotatable bonds is 7. The standard InChI is InChI=1S/C29H31ClN2O2/c1-34-27-15-13-26(14-16-27)32(29(33)22-9-11-25(30)12-10-22)28-23-7-8-24(28)20-31(19-23)18-17-21-5-3-2-4-6-21/h2-6,9-16,23-24,28H,7-8,17-20H2,1H3/t23-,24+,28?. The number of methoxy groups -OCH3 is 1. The summed E-state index contributed by atoms with van der Waals surface area (Å²) in [5.41, 5.74) is 2.99. The zero-order valence-electron chi connectivity index (χ0n) is 19.6. The van der Waals surface area contributed by atoms with E-state index >= 15 is 0 Å². The van der Waals surface area contributed by atoms with Crippen molar-refractivity contribution in [3.63, 3.8) is 0 Å². The molecule has 3 aromatic rings. The fourth-order valence-electron chi connectivity index (χ4n) is 5.73. The van der Waals surface area contributed by atoms with Gasteiger partial charge in [-0.05, 0) is 85.2 Å². The minimum atomic E-state index is 0.0430. The summed E-state index contributed by atoms with van der Waals surface area (Å²) in [7, 11) is 1.66. The number of fused-ring (bicyclic) bond motifs is 2. The van der Waals surface area contributed by atoms with Gasteiger partial charge in [-0.2, -0.15) is 0 Å². The molecule has 1 heterocycles. The topological polar surface area (TPSA) is 32.8 Å². The summed E-state index contributed by atoms with van der Waals surface area (Å²) in [4.78, 5) is 18.5. The number of ether oxygens (including phenoxy) is 1. The molecule has 3 aromatic carbocycles. The smallest absolute Gasteiger partial charge is 0.258 e. The Hall–Kier alpha value is -2.82. The van der Waals surface area contributed by atoms with Crippen LogP contribution in [0.15, 0.2) is 78.9 Å². The van der Waals surface area contributed by atoms with E-state index in [1.165, 1.54) is 5.56 Å². The number of likely N-dealkylation sites (tertiary alicyclic amines) is 1. The highest BCUT2D eigenvalue weighted by Gasteiger charge is 2.46. The van der Waals surface area contributed by atoms with E-state index in [0.717, 1.165) is 50.3 Å². The first kappa shape index (κ1) is 22.9. The van der Waals surface area contributed by atoms with Crippen LogP contribution in [0.4, 0.5) is 5.69 Å². The Labute approximate surface area is 207 Å². The van der Waals surface area contributed by atoms with Gasteiger partial charge < -0.3 is 14.5 Å². The van der Waals surface area contributed by atoms with Gasteiger partial charge in [-0.25, -0.2) is 0 Å². The lowest BCUT2D eigenvalue weighted by Crippen LogP contribution is -2.55. The number of anilines is 1. The van der Waals surface area contributed by atoms with Gasteiger partial charge in [0, 0.05) is 41.9 Å². The normalized spacial score (nSPS) is 21.9. The van der Waals surface area contributed by atoms with Crippen molar-refractivity contribution in [2.45, 2.75) is 25.3 Å². The van der Waals surface area contributed by atoms with Crippen molar-refractivity contribution in [2.24, 2.45) is 11.8 Å². The van der Waals surface area contributed by atoms with Crippen LogP contribution in [0.3, 0.4) is 0 Å². The molecule has 1 unspecified atom stereocenters. The summed E-state index contributed by atoms with van der Waals surface area (Å²) >= 11 is 6.10. The van der Waals surface area contributed by atoms with Crippen LogP contribution in [-0.4, -0.2) is 43.6 Å². The molecule has 2 bridgehead atoms. The molecule has 1 aliphatic carbocycles. The van der Waals surface area contributed by atoms with E-state index in [1.54, 1.807) is 19.2 Å². The van der Waals surface area contributed by atoms with Crippen molar-refractivity contribution in [2.75, 3.05) is 31.6 Å². The first-order valence-electron chi connectivity index (χ1n) is 12.1. The fraction of sp³-hybridized carbons (Fsp3) is 0.345. The molecule has 2 aliphatic rings. The molecule has 5 rings (SSSR count). The van der Waals surface area contributed by atoms with Gasteiger partial charge in [0.25, 0.3) is 5.91 Å². The van der Waals surface area contributed by atoms with Crippen LogP contribution < -0.4 is 9.64 Å². The highest BCUT2D eigenvalue weighted by atomic mass is 35.5. The predicted molar refractivity (Wildman–Crippen MR) is 138 cm³/mol. The highest BCUT2D eigenvalue weighted by Crippen LogP contribution is 2.42. The van der Waals surface area contributed by atoms with Crippen LogP contribution in [0, 0.1) is 11.8 Å². The molecular weight excluding hydrogens is 444 g/mol. The number of hydrogen-bond donors (Lipinski definition) is 0. The molecule has 1 aliphatic heterocycles. The molecule has 1 saturated heterocycles. The summed E-state index contributed by atoms with van der Waals surface area (Å²) in [6, 6.07) is 26.0. The molecule has 2 fully saturated rings. The van der Waals surface area contributed by atoms with Gasteiger partial charge in [-0.3, -0.25) is 4.79 Å². The third-order valence-electron chi connectivity index (χ3n) is 7.38. The van der Waals surface area contributed by atoms with E-state index in [-0.39, 0.29) is 11.9 Å². The average Bonchev–Trinajstić information content (AvgIpc) is 3.12. The van der Waals surface area contributed by atoms with Gasteiger partial charge in [-0.15, -0.1) is 0 Å². The molecule has 176 valence electrons. The zero-order valence-corrected chi connectivity index (χ0v) is 20.3. The number of halogens is 1. The molecule has 0 radical (unpaired) electrons. The number of piperidine rings is 1. The Bertz CT molecular complexity index is 1090. The van der Waals surface area contributed by atoms with Gasteiger partial charge in [0.15, 0.2) is 0 Å². The predicted octanol–water partition coefficient (Wildman–Crippen LogP) is 5.95. The zero-order chi connectivity index (χ0) is 23.5. The summed E-state index contributed by atoms with van der Waals surface area (Å²) in [6.07, 6.45) is 3.40. The molecular formula is C29H31ClN2O2. The number of amides is 1. The van der Waals surface area contributed by atoms with Crippen molar-refractivity contribution in [3.05, 3.63) is 95.0 Å². The van der Waals surface area contributed by atoms with E-state index in [0.29, 0.717) is 22.4 Å². The first-order chi connectivity index (χ1) is 16.6. The summed E-state index contributed by atoms with van der Waals surface area (Å²) < 4.78 is 5.36. The second-order valence-corrected chi connectivity index (χ2v) is 9.90. The molecule has 1 saturated carbocycles. The number of hydrogen-bond acceptors (Lipinski definition) is 3. The molecule has 5 heteroatoms. The van der Waals surface area contributed by atoms with Crippen LogP contribution in [0.1, 0.15) is 28.8 Å². The summed E-state index contributed by atoms with van der Waals surface area (Å²) in [5.74, 6) is 1.77. The first-order valence-corrected chi connectivity index (χ1v) is 12.5. The van der Waals surface area contributed by atoms with Gasteiger partial charge in [0.1, 0.15) is 5.75 Å². The Balaban J connectivity index is 1.38.